The molecule has 1 N–H and O–H groups in total. The first-order valence-electron chi connectivity index (χ1n) is 9.78. The minimum Gasteiger partial charge on any atom is -0.366 e. The number of amides is 1. The summed E-state index contributed by atoms with van der Waals surface area (Å²) >= 11 is 0. The Labute approximate surface area is 169 Å². The van der Waals surface area contributed by atoms with E-state index in [0.717, 1.165) is 42.1 Å². The van der Waals surface area contributed by atoms with Crippen LogP contribution in [0.5, 0.6) is 0 Å². The molecule has 29 heavy (non-hydrogen) atoms. The molecule has 1 saturated carbocycles. The fraction of sp³-hybridized carbons (Fsp3) is 0.364. The first-order valence-corrected chi connectivity index (χ1v) is 9.78. The normalized spacial score (nSPS) is 19.0. The number of terminal acetylenes is 1. The third-order valence-corrected chi connectivity index (χ3v) is 5.41. The smallest absolute Gasteiger partial charge is 0.273 e. The number of hydrogen-bond donors (Lipinski definition) is 1. The van der Waals surface area contributed by atoms with Gasteiger partial charge in [0.2, 0.25) is 0 Å². The maximum Gasteiger partial charge on any atom is 0.273 e. The Morgan fingerprint density at radius 1 is 1.31 bits per heavy atom. The van der Waals surface area contributed by atoms with Crippen LogP contribution in [-0.4, -0.2) is 44.6 Å². The van der Waals surface area contributed by atoms with Crippen molar-refractivity contribution < 1.29 is 9.53 Å². The van der Waals surface area contributed by atoms with E-state index in [1.54, 1.807) is 10.9 Å². The van der Waals surface area contributed by atoms with E-state index in [0.29, 0.717) is 18.0 Å². The number of fused-ring (bicyclic) bond motifs is 1. The highest BCUT2D eigenvalue weighted by Gasteiger charge is 2.25. The lowest BCUT2D eigenvalue weighted by molar-refractivity contribution is 0.0417. The third-order valence-electron chi connectivity index (χ3n) is 5.41. The van der Waals surface area contributed by atoms with E-state index in [9.17, 15) is 4.79 Å². The van der Waals surface area contributed by atoms with E-state index in [4.69, 9.17) is 11.2 Å². The van der Waals surface area contributed by atoms with E-state index < -0.39 is 0 Å². The van der Waals surface area contributed by atoms with Gasteiger partial charge in [0, 0.05) is 29.2 Å². The summed E-state index contributed by atoms with van der Waals surface area (Å²) in [5.41, 5.74) is 1.93. The van der Waals surface area contributed by atoms with Crippen molar-refractivity contribution in [2.45, 2.75) is 44.8 Å². The summed E-state index contributed by atoms with van der Waals surface area (Å²) < 4.78 is 7.31. The zero-order valence-corrected chi connectivity index (χ0v) is 16.3. The number of aromatic nitrogens is 4. The highest BCUT2D eigenvalue weighted by molar-refractivity contribution is 5.94. The van der Waals surface area contributed by atoms with Gasteiger partial charge < -0.3 is 10.1 Å². The molecule has 0 aliphatic heterocycles. The molecule has 0 saturated heterocycles. The minimum absolute atomic E-state index is 0.112. The molecule has 1 aromatic carbocycles. The van der Waals surface area contributed by atoms with Gasteiger partial charge in [0.15, 0.2) is 5.69 Å². The molecule has 0 unspecified atom stereocenters. The van der Waals surface area contributed by atoms with Gasteiger partial charge in [0.05, 0.1) is 17.5 Å². The fourth-order valence-electron chi connectivity index (χ4n) is 3.85. The number of benzene rings is 1. The van der Waals surface area contributed by atoms with Crippen molar-refractivity contribution in [1.29, 1.82) is 0 Å². The summed E-state index contributed by atoms with van der Waals surface area (Å²) in [5.74, 6) is 2.31. The quantitative estimate of drug-likeness (QED) is 0.679. The van der Waals surface area contributed by atoms with Gasteiger partial charge in [-0.05, 0) is 44.7 Å². The highest BCUT2D eigenvalue weighted by Crippen LogP contribution is 2.24. The number of nitrogens with zero attached hydrogens (tertiary/aromatic N) is 4. The number of carbonyl (C=O) groups excluding carboxylic acids is 1. The first-order chi connectivity index (χ1) is 14.2. The summed E-state index contributed by atoms with van der Waals surface area (Å²) in [5, 5.41) is 13.5. The second kappa shape index (κ2) is 8.41. The fourth-order valence-corrected chi connectivity index (χ4v) is 3.85. The summed E-state index contributed by atoms with van der Waals surface area (Å²) in [4.78, 5) is 17.0. The molecular formula is C22H23N5O2. The number of hydrogen-bond acceptors (Lipinski definition) is 5. The van der Waals surface area contributed by atoms with Crippen LogP contribution in [0.4, 0.5) is 0 Å². The minimum atomic E-state index is -0.191. The topological polar surface area (TPSA) is 81.9 Å². The van der Waals surface area contributed by atoms with E-state index in [1.807, 2.05) is 37.4 Å². The average Bonchev–Trinajstić information content (AvgIpc) is 3.14. The Balaban J connectivity index is 1.48. The van der Waals surface area contributed by atoms with Crippen LogP contribution in [-0.2, 0) is 4.74 Å². The van der Waals surface area contributed by atoms with Gasteiger partial charge in [0.25, 0.3) is 5.91 Å². The van der Waals surface area contributed by atoms with Crippen molar-refractivity contribution in [3.8, 4) is 18.0 Å². The number of ether oxygens (including phenoxy) is 1. The van der Waals surface area contributed by atoms with E-state index in [-0.39, 0.29) is 18.1 Å². The SMILES string of the molecule is C#CCOC1CCC(NC(=O)c2nnn(-c3cccc4cnccc34)c2C)CC1. The van der Waals surface area contributed by atoms with Crippen LogP contribution in [0.15, 0.2) is 36.7 Å². The number of rotatable bonds is 5. The Morgan fingerprint density at radius 2 is 2.14 bits per heavy atom. The Hall–Kier alpha value is -3.24. The molecule has 0 radical (unpaired) electrons. The molecule has 1 aliphatic carbocycles. The van der Waals surface area contributed by atoms with Crippen molar-refractivity contribution in [2.24, 2.45) is 0 Å². The summed E-state index contributed by atoms with van der Waals surface area (Å²) in [6.07, 6.45) is 12.5. The van der Waals surface area contributed by atoms with Gasteiger partial charge in [-0.2, -0.15) is 0 Å². The van der Waals surface area contributed by atoms with Crippen LogP contribution in [0.1, 0.15) is 41.9 Å². The largest absolute Gasteiger partial charge is 0.366 e. The molecule has 1 aliphatic rings. The molecule has 7 heteroatoms. The van der Waals surface area contributed by atoms with Gasteiger partial charge in [-0.15, -0.1) is 11.5 Å². The number of carbonyl (C=O) groups is 1. The molecule has 0 spiro atoms. The molecule has 1 amide bonds. The van der Waals surface area contributed by atoms with E-state index >= 15 is 0 Å². The first kappa shape index (κ1) is 19.1. The maximum atomic E-state index is 12.8. The van der Waals surface area contributed by atoms with Crippen molar-refractivity contribution in [3.05, 3.63) is 48.0 Å². The summed E-state index contributed by atoms with van der Waals surface area (Å²) in [6, 6.07) is 7.95. The zero-order valence-electron chi connectivity index (χ0n) is 16.3. The van der Waals surface area contributed by atoms with Gasteiger partial charge in [-0.3, -0.25) is 9.78 Å². The molecule has 4 rings (SSSR count). The van der Waals surface area contributed by atoms with Gasteiger partial charge in [0.1, 0.15) is 6.61 Å². The molecule has 7 nitrogen and oxygen atoms in total. The summed E-state index contributed by atoms with van der Waals surface area (Å²) in [6.45, 7) is 2.20. The molecule has 1 fully saturated rings. The highest BCUT2D eigenvalue weighted by atomic mass is 16.5. The van der Waals surface area contributed by atoms with Crippen molar-refractivity contribution in [2.75, 3.05) is 6.61 Å². The lowest BCUT2D eigenvalue weighted by Crippen LogP contribution is -2.39. The van der Waals surface area contributed by atoms with Crippen LogP contribution in [0, 0.1) is 19.3 Å². The molecule has 0 atom stereocenters. The van der Waals surface area contributed by atoms with Gasteiger partial charge >= 0.3 is 0 Å². The summed E-state index contributed by atoms with van der Waals surface area (Å²) in [7, 11) is 0. The lowest BCUT2D eigenvalue weighted by Gasteiger charge is -2.28. The second-order valence-corrected chi connectivity index (χ2v) is 7.27. The van der Waals surface area contributed by atoms with Gasteiger partial charge in [-0.1, -0.05) is 23.3 Å². The molecule has 3 aromatic rings. The molecule has 2 heterocycles. The van der Waals surface area contributed by atoms with Crippen LogP contribution in [0.2, 0.25) is 0 Å². The Morgan fingerprint density at radius 3 is 2.93 bits per heavy atom. The van der Waals surface area contributed by atoms with Crippen molar-refractivity contribution >= 4 is 16.7 Å². The average molecular weight is 389 g/mol. The van der Waals surface area contributed by atoms with Crippen LogP contribution in [0.25, 0.3) is 16.5 Å². The van der Waals surface area contributed by atoms with Crippen LogP contribution >= 0.6 is 0 Å². The Bertz CT molecular complexity index is 1060. The van der Waals surface area contributed by atoms with Crippen molar-refractivity contribution in [1.82, 2.24) is 25.3 Å². The molecule has 2 aromatic heterocycles. The monoisotopic (exact) mass is 389 g/mol. The van der Waals surface area contributed by atoms with Crippen molar-refractivity contribution in [3.63, 3.8) is 0 Å². The number of pyridine rings is 1. The van der Waals surface area contributed by atoms with Gasteiger partial charge in [-0.25, -0.2) is 4.68 Å². The third kappa shape index (κ3) is 3.98. The van der Waals surface area contributed by atoms with Crippen LogP contribution < -0.4 is 5.32 Å². The molecular weight excluding hydrogens is 366 g/mol. The predicted molar refractivity (Wildman–Crippen MR) is 110 cm³/mol. The van der Waals surface area contributed by atoms with E-state index in [1.165, 1.54) is 0 Å². The predicted octanol–water partition coefficient (Wildman–Crippen LogP) is 2.81. The number of nitrogens with one attached hydrogen (secondary N) is 1. The van der Waals surface area contributed by atoms with Crippen LogP contribution in [0.3, 0.4) is 0 Å². The molecule has 0 bridgehead atoms. The zero-order chi connectivity index (χ0) is 20.2. The lowest BCUT2D eigenvalue weighted by atomic mass is 9.93. The molecule has 148 valence electrons. The maximum absolute atomic E-state index is 12.8. The second-order valence-electron chi connectivity index (χ2n) is 7.27. The Kier molecular flexibility index (Phi) is 5.54. The standard InChI is InChI=1S/C22H23N5O2/c1-3-13-29-18-9-7-17(8-10-18)24-22(28)21-15(2)27(26-25-21)20-6-4-5-16-14-23-12-11-19(16)20/h1,4-6,11-12,14,17-18H,7-10,13H2,2H3,(H,24,28). The van der Waals surface area contributed by atoms with E-state index in [2.05, 4.69) is 26.5 Å².